The van der Waals surface area contributed by atoms with Crippen molar-refractivity contribution in [3.63, 3.8) is 0 Å². The summed E-state index contributed by atoms with van der Waals surface area (Å²) in [5.74, 6) is -0.409. The van der Waals surface area contributed by atoms with Crippen LogP contribution in [0, 0.1) is 5.82 Å². The summed E-state index contributed by atoms with van der Waals surface area (Å²) in [6, 6.07) is 4.05. The summed E-state index contributed by atoms with van der Waals surface area (Å²) in [6.45, 7) is 0. The van der Waals surface area contributed by atoms with Gasteiger partial charge in [-0.2, -0.15) is 10.1 Å². The normalized spacial score (nSPS) is 11.1. The molecule has 0 aliphatic heterocycles. The highest BCUT2D eigenvalue weighted by Gasteiger charge is 2.11. The summed E-state index contributed by atoms with van der Waals surface area (Å²) < 4.78 is 14.5. The summed E-state index contributed by atoms with van der Waals surface area (Å²) in [4.78, 5) is 7.94. The van der Waals surface area contributed by atoms with E-state index in [-0.39, 0.29) is 10.3 Å². The van der Waals surface area contributed by atoms with Crippen molar-refractivity contribution in [1.29, 1.82) is 0 Å². The van der Waals surface area contributed by atoms with Crippen LogP contribution in [0.2, 0.25) is 10.3 Å². The maximum absolute atomic E-state index is 13.0. The van der Waals surface area contributed by atoms with Crippen LogP contribution in [0.25, 0.3) is 16.7 Å². The van der Waals surface area contributed by atoms with Crippen LogP contribution in [0.1, 0.15) is 0 Å². The first-order valence-electron chi connectivity index (χ1n) is 4.97. The van der Waals surface area contributed by atoms with Crippen LogP contribution in [-0.4, -0.2) is 19.7 Å². The molecule has 0 saturated heterocycles. The van der Waals surface area contributed by atoms with Gasteiger partial charge in [0.25, 0.3) is 0 Å². The fourth-order valence-electron chi connectivity index (χ4n) is 1.63. The molecule has 0 unspecified atom stereocenters. The van der Waals surface area contributed by atoms with Crippen molar-refractivity contribution in [2.75, 3.05) is 0 Å². The van der Waals surface area contributed by atoms with Gasteiger partial charge in [-0.3, -0.25) is 0 Å². The zero-order valence-corrected chi connectivity index (χ0v) is 10.3. The molecule has 1 aromatic carbocycles. The number of hydrogen-bond donors (Lipinski definition) is 0. The van der Waals surface area contributed by atoms with E-state index in [4.69, 9.17) is 23.2 Å². The maximum Gasteiger partial charge on any atom is 0.224 e. The number of aromatic nitrogens is 4. The van der Waals surface area contributed by atoms with Crippen LogP contribution < -0.4 is 0 Å². The van der Waals surface area contributed by atoms with E-state index in [1.54, 1.807) is 12.4 Å². The standard InChI is InChI=1S/C11H5Cl2FN4/c12-8-3-7(14)1-2-9(8)18-10-6(5-16-18)4-15-11(13)17-10/h1-5H. The third kappa shape index (κ3) is 1.81. The van der Waals surface area contributed by atoms with E-state index < -0.39 is 5.82 Å². The van der Waals surface area contributed by atoms with Gasteiger partial charge in [-0.25, -0.2) is 14.1 Å². The second kappa shape index (κ2) is 4.19. The SMILES string of the molecule is Fc1ccc(-n2ncc3cnc(Cl)nc32)c(Cl)c1. The van der Waals surface area contributed by atoms with Gasteiger partial charge in [0.2, 0.25) is 5.28 Å². The molecule has 0 aliphatic rings. The van der Waals surface area contributed by atoms with E-state index in [9.17, 15) is 4.39 Å². The summed E-state index contributed by atoms with van der Waals surface area (Å²) in [6.07, 6.45) is 3.15. The lowest BCUT2D eigenvalue weighted by Crippen LogP contribution is -1.99. The first-order valence-corrected chi connectivity index (χ1v) is 5.72. The molecular formula is C11H5Cl2FN4. The lowest BCUT2D eigenvalue weighted by molar-refractivity contribution is 0.627. The molecule has 0 atom stereocenters. The van der Waals surface area contributed by atoms with Gasteiger partial charge < -0.3 is 0 Å². The van der Waals surface area contributed by atoms with Gasteiger partial charge >= 0.3 is 0 Å². The number of hydrogen-bond acceptors (Lipinski definition) is 3. The van der Waals surface area contributed by atoms with E-state index in [0.29, 0.717) is 11.3 Å². The van der Waals surface area contributed by atoms with Gasteiger partial charge in [0.15, 0.2) is 5.65 Å². The minimum atomic E-state index is -0.409. The molecule has 0 spiro atoms. The Labute approximate surface area is 111 Å². The predicted octanol–water partition coefficient (Wildman–Crippen LogP) is 3.26. The highest BCUT2D eigenvalue weighted by Crippen LogP contribution is 2.24. The van der Waals surface area contributed by atoms with Gasteiger partial charge in [0, 0.05) is 6.20 Å². The van der Waals surface area contributed by atoms with Gasteiger partial charge in [-0.15, -0.1) is 0 Å². The quantitative estimate of drug-likeness (QED) is 0.644. The van der Waals surface area contributed by atoms with Crippen LogP contribution in [-0.2, 0) is 0 Å². The summed E-state index contributed by atoms with van der Waals surface area (Å²) in [7, 11) is 0. The summed E-state index contributed by atoms with van der Waals surface area (Å²) >= 11 is 11.7. The predicted molar refractivity (Wildman–Crippen MR) is 66.6 cm³/mol. The van der Waals surface area contributed by atoms with E-state index in [2.05, 4.69) is 15.1 Å². The molecule has 90 valence electrons. The minimum absolute atomic E-state index is 0.113. The number of nitrogens with zero attached hydrogens (tertiary/aromatic N) is 4. The van der Waals surface area contributed by atoms with Crippen LogP contribution >= 0.6 is 23.2 Å². The van der Waals surface area contributed by atoms with Gasteiger partial charge in [0.05, 0.1) is 22.3 Å². The topological polar surface area (TPSA) is 43.6 Å². The average Bonchev–Trinajstić information content (AvgIpc) is 2.72. The molecule has 4 nitrogen and oxygen atoms in total. The second-order valence-corrected chi connectivity index (χ2v) is 4.32. The van der Waals surface area contributed by atoms with E-state index in [1.807, 2.05) is 0 Å². The summed E-state index contributed by atoms with van der Waals surface area (Å²) in [5, 5.41) is 5.23. The molecule has 0 fully saturated rings. The molecule has 0 N–H and O–H groups in total. The Morgan fingerprint density at radius 1 is 1.17 bits per heavy atom. The molecule has 2 aromatic heterocycles. The highest BCUT2D eigenvalue weighted by molar-refractivity contribution is 6.32. The van der Waals surface area contributed by atoms with Crippen LogP contribution in [0.5, 0.6) is 0 Å². The van der Waals surface area contributed by atoms with Crippen molar-refractivity contribution < 1.29 is 4.39 Å². The molecule has 3 rings (SSSR count). The van der Waals surface area contributed by atoms with Gasteiger partial charge in [0.1, 0.15) is 5.82 Å². The Kier molecular flexibility index (Phi) is 2.65. The largest absolute Gasteiger partial charge is 0.226 e. The van der Waals surface area contributed by atoms with E-state index in [0.717, 1.165) is 5.39 Å². The van der Waals surface area contributed by atoms with Crippen molar-refractivity contribution in [1.82, 2.24) is 19.7 Å². The fraction of sp³-hybridized carbons (Fsp3) is 0. The van der Waals surface area contributed by atoms with Crippen molar-refractivity contribution in [2.45, 2.75) is 0 Å². The molecule has 0 amide bonds. The first-order chi connectivity index (χ1) is 8.65. The number of rotatable bonds is 1. The molecule has 0 aliphatic carbocycles. The fourth-order valence-corrected chi connectivity index (χ4v) is 2.00. The Balaban J connectivity index is 2.28. The lowest BCUT2D eigenvalue weighted by atomic mass is 10.3. The first kappa shape index (κ1) is 11.4. The van der Waals surface area contributed by atoms with Crippen LogP contribution in [0.15, 0.2) is 30.6 Å². The summed E-state index contributed by atoms with van der Waals surface area (Å²) in [5.41, 5.74) is 1.05. The monoisotopic (exact) mass is 282 g/mol. The Morgan fingerprint density at radius 2 is 2.00 bits per heavy atom. The van der Waals surface area contributed by atoms with Crippen LogP contribution in [0.3, 0.4) is 0 Å². The number of benzene rings is 1. The van der Waals surface area contributed by atoms with Crippen LogP contribution in [0.4, 0.5) is 4.39 Å². The number of halogens is 3. The van der Waals surface area contributed by atoms with Crippen molar-refractivity contribution >= 4 is 34.2 Å². The molecule has 3 aromatic rings. The third-order valence-corrected chi connectivity index (χ3v) is 2.90. The average molecular weight is 283 g/mol. The second-order valence-electron chi connectivity index (χ2n) is 3.57. The lowest BCUT2D eigenvalue weighted by Gasteiger charge is -2.05. The Morgan fingerprint density at radius 3 is 2.78 bits per heavy atom. The molecule has 18 heavy (non-hydrogen) atoms. The van der Waals surface area contributed by atoms with Gasteiger partial charge in [-0.1, -0.05) is 11.6 Å². The smallest absolute Gasteiger partial charge is 0.224 e. The zero-order chi connectivity index (χ0) is 12.7. The Bertz CT molecular complexity index is 741. The number of fused-ring (bicyclic) bond motifs is 1. The molecule has 2 heterocycles. The molecule has 7 heteroatoms. The van der Waals surface area contributed by atoms with Crippen molar-refractivity contribution in [3.8, 4) is 5.69 Å². The maximum atomic E-state index is 13.0. The van der Waals surface area contributed by atoms with E-state index in [1.165, 1.54) is 22.9 Å². The molecule has 0 saturated carbocycles. The van der Waals surface area contributed by atoms with Gasteiger partial charge in [-0.05, 0) is 29.8 Å². The van der Waals surface area contributed by atoms with Crippen molar-refractivity contribution in [3.05, 3.63) is 46.7 Å². The third-order valence-electron chi connectivity index (χ3n) is 2.42. The highest BCUT2D eigenvalue weighted by atomic mass is 35.5. The molecule has 0 radical (unpaired) electrons. The molecule has 0 bridgehead atoms. The molecular weight excluding hydrogens is 278 g/mol. The van der Waals surface area contributed by atoms with Crippen molar-refractivity contribution in [2.24, 2.45) is 0 Å². The van der Waals surface area contributed by atoms with E-state index >= 15 is 0 Å². The zero-order valence-electron chi connectivity index (χ0n) is 8.81. The minimum Gasteiger partial charge on any atom is -0.226 e. The Hall–Kier alpha value is -1.72.